The number of aromatic carboxylic acids is 1. The number of pyridine rings is 1. The number of rotatable bonds is 4. The van der Waals surface area contributed by atoms with Crippen LogP contribution in [0.15, 0.2) is 27.6 Å². The van der Waals surface area contributed by atoms with E-state index in [0.717, 1.165) is 12.8 Å². The third-order valence-electron chi connectivity index (χ3n) is 2.95. The van der Waals surface area contributed by atoms with Gasteiger partial charge in [-0.05, 0) is 18.9 Å². The molecule has 2 aromatic heterocycles. The van der Waals surface area contributed by atoms with Crippen LogP contribution in [0.4, 0.5) is 0 Å². The van der Waals surface area contributed by atoms with Crippen molar-refractivity contribution >= 4 is 5.97 Å². The molecule has 7 heteroatoms. The van der Waals surface area contributed by atoms with Crippen LogP contribution in [0.3, 0.4) is 0 Å². The van der Waals surface area contributed by atoms with Gasteiger partial charge in [-0.3, -0.25) is 4.79 Å². The first-order chi connectivity index (χ1) is 9.13. The standard InChI is InChI=1S/C12H11N3O4/c16-10-4-3-8(12(17)18)5-15(10)6-9-13-11(19-14-9)7-1-2-7/h3-5,7H,1-2,6H2,(H,17,18). The van der Waals surface area contributed by atoms with Gasteiger partial charge in [0.05, 0.1) is 12.1 Å². The number of aromatic nitrogens is 3. The van der Waals surface area contributed by atoms with E-state index in [9.17, 15) is 9.59 Å². The summed E-state index contributed by atoms with van der Waals surface area (Å²) in [5, 5.41) is 12.7. The van der Waals surface area contributed by atoms with Gasteiger partial charge in [0.15, 0.2) is 5.82 Å². The third kappa shape index (κ3) is 2.40. The lowest BCUT2D eigenvalue weighted by molar-refractivity contribution is 0.0696. The van der Waals surface area contributed by atoms with Gasteiger partial charge in [-0.1, -0.05) is 5.16 Å². The second-order valence-electron chi connectivity index (χ2n) is 4.51. The van der Waals surface area contributed by atoms with Gasteiger partial charge in [-0.25, -0.2) is 4.79 Å². The molecule has 0 spiro atoms. The maximum Gasteiger partial charge on any atom is 0.337 e. The van der Waals surface area contributed by atoms with Gasteiger partial charge in [0.1, 0.15) is 0 Å². The van der Waals surface area contributed by atoms with Crippen molar-refractivity contribution in [2.24, 2.45) is 0 Å². The Labute approximate surface area is 107 Å². The van der Waals surface area contributed by atoms with E-state index in [2.05, 4.69) is 10.1 Å². The largest absolute Gasteiger partial charge is 0.478 e. The number of hydrogen-bond donors (Lipinski definition) is 1. The lowest BCUT2D eigenvalue weighted by atomic mass is 10.3. The highest BCUT2D eigenvalue weighted by Crippen LogP contribution is 2.38. The molecule has 7 nitrogen and oxygen atoms in total. The summed E-state index contributed by atoms with van der Waals surface area (Å²) >= 11 is 0. The Morgan fingerprint density at radius 2 is 2.26 bits per heavy atom. The van der Waals surface area contributed by atoms with Gasteiger partial charge >= 0.3 is 5.97 Å². The van der Waals surface area contributed by atoms with E-state index < -0.39 is 5.97 Å². The fourth-order valence-corrected chi connectivity index (χ4v) is 1.76. The van der Waals surface area contributed by atoms with Crippen molar-refractivity contribution in [2.75, 3.05) is 0 Å². The summed E-state index contributed by atoms with van der Waals surface area (Å²) in [5.41, 5.74) is -0.256. The van der Waals surface area contributed by atoms with Crippen LogP contribution >= 0.6 is 0 Å². The van der Waals surface area contributed by atoms with Crippen molar-refractivity contribution in [3.8, 4) is 0 Å². The van der Waals surface area contributed by atoms with E-state index in [4.69, 9.17) is 9.63 Å². The summed E-state index contributed by atoms with van der Waals surface area (Å²) in [7, 11) is 0. The van der Waals surface area contributed by atoms with E-state index >= 15 is 0 Å². The van der Waals surface area contributed by atoms with E-state index in [1.54, 1.807) is 0 Å². The van der Waals surface area contributed by atoms with Crippen molar-refractivity contribution in [1.82, 2.24) is 14.7 Å². The molecule has 1 saturated carbocycles. The predicted octanol–water partition coefficient (Wildman–Crippen LogP) is 0.855. The van der Waals surface area contributed by atoms with E-state index in [1.165, 1.54) is 22.9 Å². The van der Waals surface area contributed by atoms with Crippen molar-refractivity contribution in [3.63, 3.8) is 0 Å². The number of carboxylic acid groups (broad SMARTS) is 1. The number of hydrogen-bond acceptors (Lipinski definition) is 5. The molecule has 0 amide bonds. The molecule has 1 N–H and O–H groups in total. The Morgan fingerprint density at radius 1 is 1.47 bits per heavy atom. The molecule has 0 aliphatic heterocycles. The Hall–Kier alpha value is -2.44. The number of nitrogens with zero attached hydrogens (tertiary/aromatic N) is 3. The molecule has 1 aliphatic rings. The van der Waals surface area contributed by atoms with Crippen LogP contribution < -0.4 is 5.56 Å². The molecule has 1 aliphatic carbocycles. The Morgan fingerprint density at radius 3 is 2.95 bits per heavy atom. The summed E-state index contributed by atoms with van der Waals surface area (Å²) in [6, 6.07) is 2.48. The fraction of sp³-hybridized carbons (Fsp3) is 0.333. The molecule has 0 saturated heterocycles. The average molecular weight is 261 g/mol. The van der Waals surface area contributed by atoms with Crippen LogP contribution in [0.25, 0.3) is 0 Å². The molecule has 0 atom stereocenters. The highest BCUT2D eigenvalue weighted by Gasteiger charge is 2.29. The predicted molar refractivity (Wildman–Crippen MR) is 63.0 cm³/mol. The molecule has 0 bridgehead atoms. The summed E-state index contributed by atoms with van der Waals surface area (Å²) in [6.45, 7) is 0.107. The van der Waals surface area contributed by atoms with E-state index in [-0.39, 0.29) is 17.7 Å². The van der Waals surface area contributed by atoms with Gasteiger partial charge in [0, 0.05) is 18.2 Å². The summed E-state index contributed by atoms with van der Waals surface area (Å²) in [5.74, 6) is 0.243. The minimum Gasteiger partial charge on any atom is -0.478 e. The highest BCUT2D eigenvalue weighted by atomic mass is 16.5. The van der Waals surface area contributed by atoms with Crippen molar-refractivity contribution in [2.45, 2.75) is 25.3 Å². The minimum absolute atomic E-state index is 0.0468. The van der Waals surface area contributed by atoms with E-state index in [1.807, 2.05) is 0 Å². The van der Waals surface area contributed by atoms with Crippen LogP contribution in [0.5, 0.6) is 0 Å². The second kappa shape index (κ2) is 4.34. The fourth-order valence-electron chi connectivity index (χ4n) is 1.76. The molecule has 19 heavy (non-hydrogen) atoms. The molecule has 1 fully saturated rings. The van der Waals surface area contributed by atoms with Gasteiger partial charge in [-0.2, -0.15) is 4.98 Å². The van der Waals surface area contributed by atoms with Crippen molar-refractivity contribution in [1.29, 1.82) is 0 Å². The number of carboxylic acids is 1. The highest BCUT2D eigenvalue weighted by molar-refractivity contribution is 5.87. The van der Waals surface area contributed by atoms with Crippen LogP contribution in [-0.4, -0.2) is 25.8 Å². The monoisotopic (exact) mass is 261 g/mol. The first-order valence-electron chi connectivity index (χ1n) is 5.90. The zero-order valence-corrected chi connectivity index (χ0v) is 9.94. The van der Waals surface area contributed by atoms with Gasteiger partial charge in [0.25, 0.3) is 5.56 Å². The molecule has 0 radical (unpaired) electrons. The van der Waals surface area contributed by atoms with Gasteiger partial charge in [0.2, 0.25) is 5.89 Å². The van der Waals surface area contributed by atoms with Crippen molar-refractivity contribution < 1.29 is 14.4 Å². The Kier molecular flexibility index (Phi) is 2.66. The second-order valence-corrected chi connectivity index (χ2v) is 4.51. The average Bonchev–Trinajstić information content (AvgIpc) is 3.13. The summed E-state index contributed by atoms with van der Waals surface area (Å²) < 4.78 is 6.34. The van der Waals surface area contributed by atoms with Gasteiger partial charge in [-0.15, -0.1) is 0 Å². The molecule has 3 rings (SSSR count). The maximum absolute atomic E-state index is 11.6. The molecule has 2 heterocycles. The zero-order chi connectivity index (χ0) is 13.4. The Bertz CT molecular complexity index is 684. The molecule has 0 unspecified atom stereocenters. The van der Waals surface area contributed by atoms with Crippen LogP contribution in [-0.2, 0) is 6.54 Å². The molecule has 0 aromatic carbocycles. The summed E-state index contributed by atoms with van der Waals surface area (Å²) in [4.78, 5) is 26.7. The smallest absolute Gasteiger partial charge is 0.337 e. The van der Waals surface area contributed by atoms with Crippen LogP contribution in [0.2, 0.25) is 0 Å². The maximum atomic E-state index is 11.6. The van der Waals surface area contributed by atoms with E-state index in [0.29, 0.717) is 17.6 Å². The number of carbonyl (C=O) groups is 1. The lowest BCUT2D eigenvalue weighted by Crippen LogP contribution is -2.21. The molecule has 98 valence electrons. The Balaban J connectivity index is 1.86. The molecular formula is C12H11N3O4. The van der Waals surface area contributed by atoms with Crippen molar-refractivity contribution in [3.05, 3.63) is 46.0 Å². The van der Waals surface area contributed by atoms with Crippen LogP contribution in [0.1, 0.15) is 40.8 Å². The van der Waals surface area contributed by atoms with Gasteiger partial charge < -0.3 is 14.2 Å². The SMILES string of the molecule is O=C(O)c1ccc(=O)n(Cc2noc(C3CC3)n2)c1. The normalized spacial score (nSPS) is 14.5. The quantitative estimate of drug-likeness (QED) is 0.876. The topological polar surface area (TPSA) is 98.2 Å². The minimum atomic E-state index is -1.08. The lowest BCUT2D eigenvalue weighted by Gasteiger charge is -2.02. The first kappa shape index (κ1) is 11.6. The van der Waals surface area contributed by atoms with Crippen LogP contribution in [0, 0.1) is 0 Å². The molecular weight excluding hydrogens is 250 g/mol. The first-order valence-corrected chi connectivity index (χ1v) is 5.90. The summed E-state index contributed by atoms with van der Waals surface area (Å²) in [6.07, 6.45) is 3.38. The third-order valence-corrected chi connectivity index (χ3v) is 2.95. The zero-order valence-electron chi connectivity index (χ0n) is 9.94. The molecule has 2 aromatic rings.